The van der Waals surface area contributed by atoms with E-state index in [2.05, 4.69) is 29.8 Å². The Labute approximate surface area is 133 Å². The second-order valence-corrected chi connectivity index (χ2v) is 7.84. The predicted molar refractivity (Wildman–Crippen MR) is 90.9 cm³/mol. The normalized spacial score (nSPS) is 25.8. The van der Waals surface area contributed by atoms with E-state index < -0.39 is 0 Å². The maximum atomic E-state index is 6.35. The lowest BCUT2D eigenvalue weighted by atomic mass is 9.91. The monoisotopic (exact) mass is 307 g/mol. The molecule has 1 aliphatic carbocycles. The molecule has 1 aromatic heterocycles. The van der Waals surface area contributed by atoms with Crippen molar-refractivity contribution < 1.29 is 0 Å². The van der Waals surface area contributed by atoms with Crippen LogP contribution in [0.1, 0.15) is 60.0 Å². The van der Waals surface area contributed by atoms with Gasteiger partial charge in [0.15, 0.2) is 0 Å². The summed E-state index contributed by atoms with van der Waals surface area (Å²) in [5.74, 6) is 0. The topological polar surface area (TPSA) is 32.5 Å². The van der Waals surface area contributed by atoms with Crippen LogP contribution in [0.15, 0.2) is 6.07 Å². The molecule has 0 spiro atoms. The summed E-state index contributed by atoms with van der Waals surface area (Å²) in [6, 6.07) is 3.35. The lowest BCUT2D eigenvalue weighted by Crippen LogP contribution is -2.46. The van der Waals surface area contributed by atoms with Crippen molar-refractivity contribution in [2.75, 3.05) is 33.2 Å². The van der Waals surface area contributed by atoms with E-state index in [4.69, 9.17) is 5.73 Å². The molecular formula is C17H29N3S. The molecule has 1 fully saturated rings. The van der Waals surface area contributed by atoms with Crippen LogP contribution in [0.5, 0.6) is 0 Å². The average molecular weight is 308 g/mol. The summed E-state index contributed by atoms with van der Waals surface area (Å²) in [7, 11) is 2.23. The minimum Gasteiger partial charge on any atom is -0.323 e. The summed E-state index contributed by atoms with van der Waals surface area (Å²) in [4.78, 5) is 8.19. The minimum atomic E-state index is 0.249. The van der Waals surface area contributed by atoms with E-state index in [9.17, 15) is 0 Å². The number of aryl methyl sites for hydroxylation is 1. The number of hydrogen-bond acceptors (Lipinski definition) is 4. The van der Waals surface area contributed by atoms with Gasteiger partial charge in [0.1, 0.15) is 0 Å². The van der Waals surface area contributed by atoms with E-state index in [0.717, 1.165) is 6.42 Å². The van der Waals surface area contributed by atoms with E-state index in [1.807, 2.05) is 11.3 Å². The molecule has 2 unspecified atom stereocenters. The number of likely N-dealkylation sites (N-methyl/N-ethyl adjacent to an activating group) is 1. The molecule has 0 saturated carbocycles. The van der Waals surface area contributed by atoms with Gasteiger partial charge in [0.05, 0.1) is 0 Å². The van der Waals surface area contributed by atoms with Gasteiger partial charge in [0, 0.05) is 48.0 Å². The molecule has 1 aliphatic heterocycles. The minimum absolute atomic E-state index is 0.249. The summed E-state index contributed by atoms with van der Waals surface area (Å²) in [5, 5.41) is 0. The van der Waals surface area contributed by atoms with Crippen LogP contribution < -0.4 is 5.73 Å². The molecule has 118 valence electrons. The first-order valence-electron chi connectivity index (χ1n) is 8.49. The van der Waals surface area contributed by atoms with Crippen molar-refractivity contribution in [3.05, 3.63) is 21.4 Å². The summed E-state index contributed by atoms with van der Waals surface area (Å²) in [6.07, 6.45) is 6.22. The van der Waals surface area contributed by atoms with Crippen molar-refractivity contribution in [3.63, 3.8) is 0 Å². The van der Waals surface area contributed by atoms with E-state index in [0.29, 0.717) is 6.04 Å². The SMILES string of the molecule is CCCC(N)c1cc2c(s1)CCCC2N1CCN(C)CC1. The first-order valence-corrected chi connectivity index (χ1v) is 9.31. The van der Waals surface area contributed by atoms with Crippen molar-refractivity contribution >= 4 is 11.3 Å². The Morgan fingerprint density at radius 2 is 2.10 bits per heavy atom. The van der Waals surface area contributed by atoms with Crippen LogP contribution in [0.25, 0.3) is 0 Å². The summed E-state index contributed by atoms with van der Waals surface area (Å²) >= 11 is 1.99. The Kier molecular flexibility index (Phi) is 4.99. The molecule has 21 heavy (non-hydrogen) atoms. The first kappa shape index (κ1) is 15.5. The number of nitrogens with two attached hydrogens (primary N) is 1. The molecule has 2 atom stereocenters. The van der Waals surface area contributed by atoms with Crippen LogP contribution in [-0.2, 0) is 6.42 Å². The fraction of sp³-hybridized carbons (Fsp3) is 0.765. The second-order valence-electron chi connectivity index (χ2n) is 6.67. The summed E-state index contributed by atoms with van der Waals surface area (Å²) < 4.78 is 0. The van der Waals surface area contributed by atoms with Gasteiger partial charge in [-0.25, -0.2) is 0 Å². The molecule has 0 amide bonds. The van der Waals surface area contributed by atoms with Gasteiger partial charge in [0.2, 0.25) is 0 Å². The Balaban J connectivity index is 1.77. The zero-order valence-electron chi connectivity index (χ0n) is 13.5. The van der Waals surface area contributed by atoms with Crippen LogP contribution in [0.2, 0.25) is 0 Å². The third kappa shape index (κ3) is 3.34. The number of piperazine rings is 1. The van der Waals surface area contributed by atoms with Gasteiger partial charge >= 0.3 is 0 Å². The number of nitrogens with zero attached hydrogens (tertiary/aromatic N) is 2. The zero-order chi connectivity index (χ0) is 14.8. The Hall–Kier alpha value is -0.420. The lowest BCUT2D eigenvalue weighted by molar-refractivity contribution is 0.103. The highest BCUT2D eigenvalue weighted by Gasteiger charge is 2.30. The van der Waals surface area contributed by atoms with Crippen LogP contribution in [-0.4, -0.2) is 43.0 Å². The van der Waals surface area contributed by atoms with Gasteiger partial charge < -0.3 is 10.6 Å². The van der Waals surface area contributed by atoms with Crippen LogP contribution in [0.3, 0.4) is 0 Å². The Morgan fingerprint density at radius 1 is 1.33 bits per heavy atom. The largest absolute Gasteiger partial charge is 0.323 e. The maximum absolute atomic E-state index is 6.35. The number of fused-ring (bicyclic) bond motifs is 1. The fourth-order valence-corrected chi connectivity index (χ4v) is 5.00. The van der Waals surface area contributed by atoms with Crippen molar-refractivity contribution in [2.24, 2.45) is 5.73 Å². The van der Waals surface area contributed by atoms with E-state index >= 15 is 0 Å². The molecule has 0 bridgehead atoms. The van der Waals surface area contributed by atoms with Gasteiger partial charge in [0.25, 0.3) is 0 Å². The first-order chi connectivity index (χ1) is 10.2. The van der Waals surface area contributed by atoms with Crippen molar-refractivity contribution in [2.45, 2.75) is 51.1 Å². The van der Waals surface area contributed by atoms with E-state index in [1.165, 1.54) is 56.7 Å². The number of rotatable bonds is 4. The molecule has 3 rings (SSSR count). The molecule has 0 radical (unpaired) electrons. The molecule has 4 heteroatoms. The van der Waals surface area contributed by atoms with Crippen LogP contribution >= 0.6 is 11.3 Å². The third-order valence-corrected chi connectivity index (χ3v) is 6.39. The quantitative estimate of drug-likeness (QED) is 0.927. The molecule has 0 aromatic carbocycles. The van der Waals surface area contributed by atoms with Gasteiger partial charge in [-0.15, -0.1) is 11.3 Å². The van der Waals surface area contributed by atoms with Gasteiger partial charge in [-0.1, -0.05) is 13.3 Å². The zero-order valence-corrected chi connectivity index (χ0v) is 14.3. The van der Waals surface area contributed by atoms with E-state index in [1.54, 1.807) is 10.4 Å². The molecular weight excluding hydrogens is 278 g/mol. The van der Waals surface area contributed by atoms with Gasteiger partial charge in [-0.05, 0) is 44.4 Å². The molecule has 2 heterocycles. The Morgan fingerprint density at radius 3 is 2.81 bits per heavy atom. The smallest absolute Gasteiger partial charge is 0.0389 e. The van der Waals surface area contributed by atoms with Gasteiger partial charge in [-0.3, -0.25) is 4.90 Å². The van der Waals surface area contributed by atoms with Crippen LogP contribution in [0.4, 0.5) is 0 Å². The fourth-order valence-electron chi connectivity index (χ4n) is 3.70. The highest BCUT2D eigenvalue weighted by Crippen LogP contribution is 2.41. The average Bonchev–Trinajstić information content (AvgIpc) is 2.92. The Bertz CT molecular complexity index is 463. The van der Waals surface area contributed by atoms with Crippen LogP contribution in [0, 0.1) is 0 Å². The molecule has 2 N–H and O–H groups in total. The molecule has 2 aliphatic rings. The summed E-state index contributed by atoms with van der Waals surface area (Å²) in [5.41, 5.74) is 7.96. The molecule has 1 saturated heterocycles. The second kappa shape index (κ2) is 6.78. The highest BCUT2D eigenvalue weighted by molar-refractivity contribution is 7.12. The lowest BCUT2D eigenvalue weighted by Gasteiger charge is -2.39. The van der Waals surface area contributed by atoms with Gasteiger partial charge in [-0.2, -0.15) is 0 Å². The predicted octanol–water partition coefficient (Wildman–Crippen LogP) is 3.17. The highest BCUT2D eigenvalue weighted by atomic mass is 32.1. The summed E-state index contributed by atoms with van der Waals surface area (Å²) in [6.45, 7) is 7.07. The maximum Gasteiger partial charge on any atom is 0.0389 e. The number of thiophene rings is 1. The van der Waals surface area contributed by atoms with E-state index in [-0.39, 0.29) is 6.04 Å². The van der Waals surface area contributed by atoms with Crippen molar-refractivity contribution in [3.8, 4) is 0 Å². The van der Waals surface area contributed by atoms with Crippen molar-refractivity contribution in [1.29, 1.82) is 0 Å². The van der Waals surface area contributed by atoms with Crippen molar-refractivity contribution in [1.82, 2.24) is 9.80 Å². The number of hydrogen-bond donors (Lipinski definition) is 1. The third-order valence-electron chi connectivity index (χ3n) is 5.04. The molecule has 3 nitrogen and oxygen atoms in total. The standard InChI is InChI=1S/C17H29N3S/c1-3-5-14(18)17-12-13-15(6-4-7-16(13)21-17)20-10-8-19(2)9-11-20/h12,14-15H,3-11,18H2,1-2H3. The molecule has 1 aromatic rings.